The van der Waals surface area contributed by atoms with E-state index in [9.17, 15) is 9.13 Å². The molecule has 132 valence electrons. The van der Waals surface area contributed by atoms with Crippen molar-refractivity contribution >= 4 is 17.4 Å². The number of hydrogen-bond donors (Lipinski definition) is 0. The van der Waals surface area contributed by atoms with E-state index in [1.807, 2.05) is 0 Å². The van der Waals surface area contributed by atoms with Gasteiger partial charge < -0.3 is 0 Å². The van der Waals surface area contributed by atoms with Gasteiger partial charge in [0.25, 0.3) is 0 Å². The molecule has 0 radical (unpaired) electrons. The first-order chi connectivity index (χ1) is 11.4. The summed E-state index contributed by atoms with van der Waals surface area (Å²) in [5, 5.41) is 8.07. The summed E-state index contributed by atoms with van der Waals surface area (Å²) in [6, 6.07) is 0. The summed E-state index contributed by atoms with van der Waals surface area (Å²) >= 11 is 0. The summed E-state index contributed by atoms with van der Waals surface area (Å²) < 4.78 is 32.8. The van der Waals surface area contributed by atoms with Gasteiger partial charge in [-0.15, -0.1) is 5.10 Å². The van der Waals surface area contributed by atoms with E-state index in [0.717, 1.165) is 12.8 Å². The Bertz CT molecular complexity index is 600. The van der Waals surface area contributed by atoms with Gasteiger partial charge in [-0.2, -0.15) is 0 Å². The zero-order valence-electron chi connectivity index (χ0n) is 14.4. The van der Waals surface area contributed by atoms with E-state index in [0.29, 0.717) is 12.2 Å². The first-order valence-corrected chi connectivity index (χ1v) is 9.04. The molecule has 0 unspecified atom stereocenters. The van der Waals surface area contributed by atoms with Gasteiger partial charge in [-0.1, -0.05) is 28.5 Å². The summed E-state index contributed by atoms with van der Waals surface area (Å²) in [6.45, 7) is 8.43. The Labute approximate surface area is 145 Å². The average Bonchev–Trinajstić information content (AvgIpc) is 2.92. The third-order valence-corrected chi connectivity index (χ3v) is 4.19. The van der Waals surface area contributed by atoms with Crippen molar-refractivity contribution < 1.29 is 18.2 Å². The Morgan fingerprint density at radius 2 is 1.92 bits per heavy atom. The Morgan fingerprint density at radius 3 is 2.50 bits per heavy atom. The molecule has 0 aliphatic heterocycles. The molecule has 7 nitrogen and oxygen atoms in total. The SMILES string of the molecule is CC(C)=CCCC(C)=CCn1cc(CC(C)(OP=O)OP=O)nn1. The Morgan fingerprint density at radius 1 is 1.25 bits per heavy atom. The number of aromatic nitrogens is 3. The summed E-state index contributed by atoms with van der Waals surface area (Å²) in [5.74, 6) is -1.29. The van der Waals surface area contributed by atoms with Crippen LogP contribution >= 0.6 is 17.4 Å². The lowest BCUT2D eigenvalue weighted by atomic mass is 10.1. The van der Waals surface area contributed by atoms with Crippen LogP contribution in [0.1, 0.15) is 46.2 Å². The van der Waals surface area contributed by atoms with E-state index in [-0.39, 0.29) is 6.42 Å². The maximum absolute atomic E-state index is 10.6. The molecule has 0 N–H and O–H groups in total. The fraction of sp³-hybridized carbons (Fsp3) is 0.600. The molecule has 0 spiro atoms. The Kier molecular flexibility index (Phi) is 9.16. The third kappa shape index (κ3) is 8.02. The van der Waals surface area contributed by atoms with E-state index in [1.165, 1.54) is 18.1 Å². The molecule has 0 atom stereocenters. The van der Waals surface area contributed by atoms with Crippen LogP contribution in [-0.4, -0.2) is 20.8 Å². The van der Waals surface area contributed by atoms with E-state index in [4.69, 9.17) is 9.05 Å². The van der Waals surface area contributed by atoms with Crippen molar-refractivity contribution in [3.8, 4) is 0 Å². The van der Waals surface area contributed by atoms with E-state index in [2.05, 4.69) is 43.2 Å². The number of hydrogen-bond acceptors (Lipinski definition) is 6. The molecule has 0 saturated carbocycles. The number of allylic oxidation sites excluding steroid dienone is 4. The van der Waals surface area contributed by atoms with Crippen LogP contribution in [0.3, 0.4) is 0 Å². The van der Waals surface area contributed by atoms with Gasteiger partial charge in [-0.3, -0.25) is 9.05 Å². The average molecular weight is 371 g/mol. The van der Waals surface area contributed by atoms with Gasteiger partial charge in [0.15, 0.2) is 5.79 Å². The van der Waals surface area contributed by atoms with Gasteiger partial charge in [0, 0.05) is 12.6 Å². The topological polar surface area (TPSA) is 83.3 Å². The third-order valence-electron chi connectivity index (χ3n) is 3.27. The minimum atomic E-state index is -1.29. The van der Waals surface area contributed by atoms with E-state index >= 15 is 0 Å². The van der Waals surface area contributed by atoms with Crippen molar-refractivity contribution in [3.63, 3.8) is 0 Å². The van der Waals surface area contributed by atoms with Crippen molar-refractivity contribution in [1.29, 1.82) is 0 Å². The van der Waals surface area contributed by atoms with Crippen LogP contribution in [0, 0.1) is 0 Å². The van der Waals surface area contributed by atoms with E-state index < -0.39 is 23.2 Å². The zero-order valence-corrected chi connectivity index (χ0v) is 16.2. The minimum Gasteiger partial charge on any atom is -0.259 e. The molecule has 0 aliphatic carbocycles. The normalized spacial score (nSPS) is 14.8. The highest BCUT2D eigenvalue weighted by atomic mass is 31.1. The molecule has 1 aromatic rings. The highest BCUT2D eigenvalue weighted by Gasteiger charge is 2.29. The summed E-state index contributed by atoms with van der Waals surface area (Å²) in [4.78, 5) is 0. The van der Waals surface area contributed by atoms with Gasteiger partial charge in [0.1, 0.15) is 0 Å². The highest BCUT2D eigenvalue weighted by molar-refractivity contribution is 7.18. The molecule has 0 bridgehead atoms. The second-order valence-electron chi connectivity index (χ2n) is 5.94. The molecule has 9 heteroatoms. The molecular weight excluding hydrogens is 348 g/mol. The second kappa shape index (κ2) is 10.6. The van der Waals surface area contributed by atoms with Crippen LogP contribution in [0.5, 0.6) is 0 Å². The minimum absolute atomic E-state index is 0.181. The molecule has 0 fully saturated rings. The standard InChI is InChI=1S/C15H23N3O4P2/c1-12(2)6-5-7-13(3)8-9-18-11-14(16-17-18)10-15(4,21-23-19)22-24-20/h6,8,11H,5,7,9-10H2,1-4H3. The summed E-state index contributed by atoms with van der Waals surface area (Å²) in [5.41, 5.74) is 3.21. The van der Waals surface area contributed by atoms with Crippen LogP contribution in [0.15, 0.2) is 29.5 Å². The van der Waals surface area contributed by atoms with Crippen molar-refractivity contribution in [2.75, 3.05) is 0 Å². The summed E-state index contributed by atoms with van der Waals surface area (Å²) in [7, 11) is -1.10. The monoisotopic (exact) mass is 371 g/mol. The highest BCUT2D eigenvalue weighted by Crippen LogP contribution is 2.26. The second-order valence-corrected chi connectivity index (χ2v) is 6.61. The Balaban J connectivity index is 2.60. The molecule has 0 saturated heterocycles. The van der Waals surface area contributed by atoms with Crippen LogP contribution in [-0.2, 0) is 31.1 Å². The maximum atomic E-state index is 10.6. The van der Waals surface area contributed by atoms with Gasteiger partial charge in [0.2, 0.25) is 0 Å². The fourth-order valence-electron chi connectivity index (χ4n) is 2.02. The number of rotatable bonds is 11. The molecule has 0 aromatic carbocycles. The largest absolute Gasteiger partial charge is 0.330 e. The van der Waals surface area contributed by atoms with Crippen molar-refractivity contribution in [3.05, 3.63) is 35.2 Å². The molecule has 0 amide bonds. The lowest BCUT2D eigenvalue weighted by Gasteiger charge is -2.20. The van der Waals surface area contributed by atoms with Crippen molar-refractivity contribution in [2.45, 2.75) is 59.3 Å². The van der Waals surface area contributed by atoms with Gasteiger partial charge in [-0.25, -0.2) is 13.8 Å². The molecule has 1 rings (SSSR count). The van der Waals surface area contributed by atoms with Crippen LogP contribution in [0.2, 0.25) is 0 Å². The van der Waals surface area contributed by atoms with Crippen molar-refractivity contribution in [1.82, 2.24) is 15.0 Å². The predicted molar refractivity (Wildman–Crippen MR) is 91.9 cm³/mol. The first-order valence-electron chi connectivity index (χ1n) is 7.58. The quantitative estimate of drug-likeness (QED) is 0.319. The molecule has 1 heterocycles. The predicted octanol–water partition coefficient (Wildman–Crippen LogP) is 4.68. The number of nitrogens with zero attached hydrogens (tertiary/aromatic N) is 3. The van der Waals surface area contributed by atoms with Gasteiger partial charge >= 0.3 is 17.4 Å². The molecule has 24 heavy (non-hydrogen) atoms. The van der Waals surface area contributed by atoms with Crippen LogP contribution in [0.4, 0.5) is 0 Å². The molecule has 1 aromatic heterocycles. The Hall–Kier alpha value is -1.26. The molecule has 0 aliphatic rings. The smallest absolute Gasteiger partial charge is 0.259 e. The van der Waals surface area contributed by atoms with Gasteiger partial charge in [0.05, 0.1) is 12.2 Å². The van der Waals surface area contributed by atoms with Crippen LogP contribution < -0.4 is 0 Å². The van der Waals surface area contributed by atoms with E-state index in [1.54, 1.807) is 10.9 Å². The van der Waals surface area contributed by atoms with Crippen molar-refractivity contribution in [2.24, 2.45) is 0 Å². The molecular formula is C15H23N3O4P2. The maximum Gasteiger partial charge on any atom is 0.330 e. The lowest BCUT2D eigenvalue weighted by molar-refractivity contribution is -0.0805. The first kappa shape index (κ1) is 20.8. The van der Waals surface area contributed by atoms with Crippen LogP contribution in [0.25, 0.3) is 0 Å². The lowest BCUT2D eigenvalue weighted by Crippen LogP contribution is -2.29. The van der Waals surface area contributed by atoms with Gasteiger partial charge in [-0.05, 0) is 40.5 Å². The zero-order chi connectivity index (χ0) is 18.0. The fourth-order valence-corrected chi connectivity index (χ4v) is 2.59. The summed E-state index contributed by atoms with van der Waals surface area (Å²) in [6.07, 6.45) is 8.31.